The Morgan fingerprint density at radius 3 is 2.36 bits per heavy atom. The molecular formula is C24H22N2O2. The number of benzene rings is 3. The van der Waals surface area contributed by atoms with Crippen molar-refractivity contribution in [1.82, 2.24) is 0 Å². The van der Waals surface area contributed by atoms with Gasteiger partial charge in [-0.25, -0.2) is 0 Å². The molecule has 140 valence electrons. The molecule has 1 saturated carbocycles. The smallest absolute Gasteiger partial charge is 0.255 e. The fourth-order valence-electron chi connectivity index (χ4n) is 3.13. The van der Waals surface area contributed by atoms with E-state index in [1.54, 1.807) is 24.3 Å². The Labute approximate surface area is 164 Å². The van der Waals surface area contributed by atoms with Crippen LogP contribution in [0.15, 0.2) is 78.9 Å². The largest absolute Gasteiger partial charge is 0.326 e. The van der Waals surface area contributed by atoms with Crippen molar-refractivity contribution in [3.05, 3.63) is 95.6 Å². The van der Waals surface area contributed by atoms with Crippen LogP contribution < -0.4 is 10.6 Å². The second kappa shape index (κ2) is 8.09. The minimum absolute atomic E-state index is 0.0331. The third kappa shape index (κ3) is 4.46. The van der Waals surface area contributed by atoms with Gasteiger partial charge in [0.05, 0.1) is 0 Å². The normalized spacial score (nSPS) is 13.0. The van der Waals surface area contributed by atoms with Crippen molar-refractivity contribution in [2.75, 3.05) is 10.6 Å². The summed E-state index contributed by atoms with van der Waals surface area (Å²) in [5, 5.41) is 5.90. The van der Waals surface area contributed by atoms with Crippen LogP contribution in [0.25, 0.3) is 0 Å². The summed E-state index contributed by atoms with van der Waals surface area (Å²) in [6.45, 7) is 0. The predicted octanol–water partition coefficient (Wildman–Crippen LogP) is 4.88. The van der Waals surface area contributed by atoms with E-state index in [1.807, 2.05) is 42.5 Å². The lowest BCUT2D eigenvalue weighted by Gasteiger charge is -2.12. The number of anilines is 2. The summed E-state index contributed by atoms with van der Waals surface area (Å²) in [7, 11) is 0. The van der Waals surface area contributed by atoms with Crippen molar-refractivity contribution < 1.29 is 9.59 Å². The molecule has 1 aliphatic rings. The van der Waals surface area contributed by atoms with Gasteiger partial charge in [-0.3, -0.25) is 9.59 Å². The van der Waals surface area contributed by atoms with Gasteiger partial charge in [-0.2, -0.15) is 0 Å². The maximum absolute atomic E-state index is 12.8. The van der Waals surface area contributed by atoms with Gasteiger partial charge in [-0.1, -0.05) is 54.6 Å². The molecule has 4 rings (SSSR count). The first-order chi connectivity index (χ1) is 13.7. The molecule has 3 aromatic carbocycles. The average Bonchev–Trinajstić information content (AvgIpc) is 3.56. The zero-order valence-electron chi connectivity index (χ0n) is 15.5. The molecule has 0 unspecified atom stereocenters. The van der Waals surface area contributed by atoms with Crippen LogP contribution in [0.1, 0.15) is 34.3 Å². The van der Waals surface area contributed by atoms with Crippen LogP contribution in [0.2, 0.25) is 0 Å². The molecule has 3 aromatic rings. The van der Waals surface area contributed by atoms with Crippen molar-refractivity contribution in [2.45, 2.75) is 19.3 Å². The lowest BCUT2D eigenvalue weighted by atomic mass is 10.0. The Hall–Kier alpha value is -3.40. The minimum atomic E-state index is -0.192. The lowest BCUT2D eigenvalue weighted by molar-refractivity contribution is -0.117. The highest BCUT2D eigenvalue weighted by molar-refractivity contribution is 6.05. The van der Waals surface area contributed by atoms with Crippen LogP contribution in [-0.4, -0.2) is 11.8 Å². The van der Waals surface area contributed by atoms with E-state index in [1.165, 1.54) is 5.56 Å². The number of rotatable bonds is 6. The van der Waals surface area contributed by atoms with Crippen molar-refractivity contribution in [2.24, 2.45) is 5.92 Å². The molecule has 2 N–H and O–H groups in total. The first kappa shape index (κ1) is 18.0. The van der Waals surface area contributed by atoms with Crippen LogP contribution in [0.5, 0.6) is 0 Å². The summed E-state index contributed by atoms with van der Waals surface area (Å²) < 4.78 is 0. The molecule has 0 atom stereocenters. The van der Waals surface area contributed by atoms with E-state index >= 15 is 0 Å². The molecule has 0 bridgehead atoms. The topological polar surface area (TPSA) is 58.2 Å². The molecule has 0 aromatic heterocycles. The maximum atomic E-state index is 12.8. The second-order valence-electron chi connectivity index (χ2n) is 7.12. The van der Waals surface area contributed by atoms with Gasteiger partial charge in [0.25, 0.3) is 5.91 Å². The Morgan fingerprint density at radius 1 is 0.821 bits per heavy atom. The first-order valence-corrected chi connectivity index (χ1v) is 9.53. The standard InChI is InChI=1S/C24H22N2O2/c27-23(18-13-14-18)25-21-11-6-10-20(16-21)24(28)26-22-12-5-4-9-19(22)15-17-7-2-1-3-8-17/h1-12,16,18H,13-15H2,(H,25,27)(H,26,28). The van der Waals surface area contributed by atoms with Gasteiger partial charge in [-0.05, 0) is 54.7 Å². The summed E-state index contributed by atoms with van der Waals surface area (Å²) in [4.78, 5) is 24.7. The SMILES string of the molecule is O=C(Nc1ccccc1Cc1ccccc1)c1cccc(NC(=O)C2CC2)c1. The monoisotopic (exact) mass is 370 g/mol. The van der Waals surface area contributed by atoms with E-state index in [2.05, 4.69) is 22.8 Å². The van der Waals surface area contributed by atoms with E-state index < -0.39 is 0 Å². The van der Waals surface area contributed by atoms with Crippen LogP contribution in [0, 0.1) is 5.92 Å². The van der Waals surface area contributed by atoms with Crippen molar-refractivity contribution in [3.63, 3.8) is 0 Å². The van der Waals surface area contributed by atoms with Crippen LogP contribution >= 0.6 is 0 Å². The van der Waals surface area contributed by atoms with E-state index in [9.17, 15) is 9.59 Å². The van der Waals surface area contributed by atoms with Gasteiger partial charge in [0.2, 0.25) is 5.91 Å². The third-order valence-electron chi connectivity index (χ3n) is 4.84. The average molecular weight is 370 g/mol. The highest BCUT2D eigenvalue weighted by atomic mass is 16.2. The quantitative estimate of drug-likeness (QED) is 0.650. The van der Waals surface area contributed by atoms with Crippen molar-refractivity contribution in [3.8, 4) is 0 Å². The number of hydrogen-bond acceptors (Lipinski definition) is 2. The molecule has 1 aliphatic carbocycles. The van der Waals surface area contributed by atoms with Crippen molar-refractivity contribution in [1.29, 1.82) is 0 Å². The van der Waals surface area contributed by atoms with E-state index in [0.29, 0.717) is 11.3 Å². The Bertz CT molecular complexity index is 994. The van der Waals surface area contributed by atoms with Crippen LogP contribution in [0.4, 0.5) is 11.4 Å². The Morgan fingerprint density at radius 2 is 1.57 bits per heavy atom. The van der Waals surface area contributed by atoms with Gasteiger partial charge in [0, 0.05) is 22.9 Å². The molecule has 0 heterocycles. The summed E-state index contributed by atoms with van der Waals surface area (Å²) in [6.07, 6.45) is 2.64. The Kier molecular flexibility index (Phi) is 5.20. The molecule has 0 spiro atoms. The van der Waals surface area contributed by atoms with Gasteiger partial charge >= 0.3 is 0 Å². The highest BCUT2D eigenvalue weighted by Gasteiger charge is 2.29. The van der Waals surface area contributed by atoms with E-state index in [0.717, 1.165) is 30.5 Å². The molecule has 0 radical (unpaired) electrons. The molecule has 4 heteroatoms. The zero-order valence-corrected chi connectivity index (χ0v) is 15.5. The lowest BCUT2D eigenvalue weighted by Crippen LogP contribution is -2.16. The van der Waals surface area contributed by atoms with Crippen molar-refractivity contribution >= 4 is 23.2 Å². The van der Waals surface area contributed by atoms with Crippen LogP contribution in [0.3, 0.4) is 0 Å². The zero-order chi connectivity index (χ0) is 19.3. The summed E-state index contributed by atoms with van der Waals surface area (Å²) in [5.41, 5.74) is 4.21. The number of carbonyl (C=O) groups is 2. The van der Waals surface area contributed by atoms with E-state index in [4.69, 9.17) is 0 Å². The second-order valence-corrected chi connectivity index (χ2v) is 7.12. The van der Waals surface area contributed by atoms with Crippen LogP contribution in [-0.2, 0) is 11.2 Å². The fourth-order valence-corrected chi connectivity index (χ4v) is 3.13. The van der Waals surface area contributed by atoms with E-state index in [-0.39, 0.29) is 17.7 Å². The maximum Gasteiger partial charge on any atom is 0.255 e. The Balaban J connectivity index is 1.48. The number of carbonyl (C=O) groups excluding carboxylic acids is 2. The number of amides is 2. The summed E-state index contributed by atoms with van der Waals surface area (Å²) >= 11 is 0. The molecule has 4 nitrogen and oxygen atoms in total. The summed E-state index contributed by atoms with van der Waals surface area (Å²) in [6, 6.07) is 25.0. The minimum Gasteiger partial charge on any atom is -0.326 e. The molecule has 0 aliphatic heterocycles. The number of nitrogens with one attached hydrogen (secondary N) is 2. The van der Waals surface area contributed by atoms with Gasteiger partial charge in [0.1, 0.15) is 0 Å². The van der Waals surface area contributed by atoms with Gasteiger partial charge in [-0.15, -0.1) is 0 Å². The number of para-hydroxylation sites is 1. The molecule has 2 amide bonds. The highest BCUT2D eigenvalue weighted by Crippen LogP contribution is 2.30. The molecule has 28 heavy (non-hydrogen) atoms. The molecule has 1 fully saturated rings. The first-order valence-electron chi connectivity index (χ1n) is 9.53. The van der Waals surface area contributed by atoms with Gasteiger partial charge < -0.3 is 10.6 Å². The summed E-state index contributed by atoms with van der Waals surface area (Å²) in [5.74, 6) is -0.0313. The third-order valence-corrected chi connectivity index (χ3v) is 4.84. The van der Waals surface area contributed by atoms with Gasteiger partial charge in [0.15, 0.2) is 0 Å². The predicted molar refractivity (Wildman–Crippen MR) is 111 cm³/mol. The molecule has 0 saturated heterocycles. The molecular weight excluding hydrogens is 348 g/mol. The fraction of sp³-hybridized carbons (Fsp3) is 0.167. The number of hydrogen-bond donors (Lipinski definition) is 2.